The van der Waals surface area contributed by atoms with Crippen LogP contribution in [-0.2, 0) is 0 Å². The third-order valence-electron chi connectivity index (χ3n) is 2.34. The Morgan fingerprint density at radius 2 is 1.44 bits per heavy atom. The molecule has 2 heteroatoms. The Morgan fingerprint density at radius 1 is 0.889 bits per heavy atom. The molecule has 0 aliphatic carbocycles. The highest BCUT2D eigenvalue weighted by Crippen LogP contribution is 2.22. The van der Waals surface area contributed by atoms with Gasteiger partial charge in [-0.3, -0.25) is 4.98 Å². The molecule has 0 radical (unpaired) electrons. The summed E-state index contributed by atoms with van der Waals surface area (Å²) in [4.78, 5) is 4.25. The van der Waals surface area contributed by atoms with Crippen molar-refractivity contribution in [2.24, 2.45) is 0 Å². The average Bonchev–Trinajstić information content (AvgIpc) is 2.32. The van der Waals surface area contributed by atoms with E-state index in [1.54, 1.807) is 6.07 Å². The van der Waals surface area contributed by atoms with Crippen molar-refractivity contribution in [3.05, 3.63) is 41.0 Å². The molecule has 0 fully saturated rings. The summed E-state index contributed by atoms with van der Waals surface area (Å²) in [6.07, 6.45) is 0. The lowest BCUT2D eigenvalue weighted by Gasteiger charge is -2.05. The minimum atomic E-state index is -0.176. The van der Waals surface area contributed by atoms with E-state index >= 15 is 0 Å². The largest absolute Gasteiger partial charge is 0.258 e. The quantitative estimate of drug-likeness (QED) is 0.613. The summed E-state index contributed by atoms with van der Waals surface area (Å²) in [6, 6.07) is 5.45. The van der Waals surface area contributed by atoms with Crippen molar-refractivity contribution in [1.29, 1.82) is 0 Å². The lowest BCUT2D eigenvalue weighted by atomic mass is 10.1. The first-order chi connectivity index (χ1) is 8.58. The van der Waals surface area contributed by atoms with Gasteiger partial charge in [0.1, 0.15) is 5.82 Å². The summed E-state index contributed by atoms with van der Waals surface area (Å²) in [5.74, 6) is -0.176. The molecule has 18 heavy (non-hydrogen) atoms. The van der Waals surface area contributed by atoms with E-state index in [1.807, 2.05) is 60.6 Å². The highest BCUT2D eigenvalue weighted by atomic mass is 19.1. The molecule has 0 amide bonds. The molecule has 2 aromatic rings. The molecule has 2 rings (SSSR count). The van der Waals surface area contributed by atoms with Crippen LogP contribution in [0.5, 0.6) is 0 Å². The zero-order chi connectivity index (χ0) is 14.3. The number of hydrogen-bond acceptors (Lipinski definition) is 1. The van der Waals surface area contributed by atoms with Crippen LogP contribution >= 0.6 is 0 Å². The van der Waals surface area contributed by atoms with E-state index in [-0.39, 0.29) is 5.82 Å². The van der Waals surface area contributed by atoms with E-state index in [9.17, 15) is 4.39 Å². The Bertz CT molecular complexity index is 461. The zero-order valence-electron chi connectivity index (χ0n) is 12.6. The Labute approximate surface area is 110 Å². The van der Waals surface area contributed by atoms with Crippen molar-refractivity contribution >= 4 is 10.8 Å². The van der Waals surface area contributed by atoms with E-state index in [4.69, 9.17) is 0 Å². The van der Waals surface area contributed by atoms with Gasteiger partial charge in [-0.05, 0) is 43.9 Å². The Hall–Kier alpha value is -1.44. The van der Waals surface area contributed by atoms with Gasteiger partial charge in [0.15, 0.2) is 0 Å². The number of rotatable bonds is 0. The van der Waals surface area contributed by atoms with Crippen LogP contribution in [0.4, 0.5) is 4.39 Å². The summed E-state index contributed by atoms with van der Waals surface area (Å²) in [6.45, 7) is 13.7. The summed E-state index contributed by atoms with van der Waals surface area (Å²) in [5.41, 5.74) is 2.64. The van der Waals surface area contributed by atoms with Crippen LogP contribution < -0.4 is 0 Å². The molecule has 0 atom stereocenters. The van der Waals surface area contributed by atoms with Crippen molar-refractivity contribution in [3.63, 3.8) is 0 Å². The second-order valence-electron chi connectivity index (χ2n) is 3.69. The van der Waals surface area contributed by atoms with E-state index in [2.05, 4.69) is 4.98 Å². The SMILES string of the molecule is CC.CC.Cc1cc(F)c2c(C)nc(C)cc2c1. The van der Waals surface area contributed by atoms with E-state index in [0.717, 1.165) is 22.3 Å². The van der Waals surface area contributed by atoms with Gasteiger partial charge in [0.05, 0.1) is 0 Å². The summed E-state index contributed by atoms with van der Waals surface area (Å²) < 4.78 is 13.6. The minimum Gasteiger partial charge on any atom is -0.258 e. The average molecular weight is 249 g/mol. The van der Waals surface area contributed by atoms with Crippen molar-refractivity contribution in [3.8, 4) is 0 Å². The number of benzene rings is 1. The maximum atomic E-state index is 13.6. The van der Waals surface area contributed by atoms with Crippen molar-refractivity contribution < 1.29 is 4.39 Å². The van der Waals surface area contributed by atoms with Gasteiger partial charge >= 0.3 is 0 Å². The molecule has 1 nitrogen and oxygen atoms in total. The maximum Gasteiger partial charge on any atom is 0.133 e. The molecule has 0 saturated carbocycles. The zero-order valence-corrected chi connectivity index (χ0v) is 12.6. The van der Waals surface area contributed by atoms with Gasteiger partial charge in [0, 0.05) is 16.8 Å². The summed E-state index contributed by atoms with van der Waals surface area (Å²) >= 11 is 0. The number of aryl methyl sites for hydroxylation is 3. The Balaban J connectivity index is 0.000000659. The van der Waals surface area contributed by atoms with Gasteiger partial charge in [0.25, 0.3) is 0 Å². The van der Waals surface area contributed by atoms with Crippen LogP contribution in [0.3, 0.4) is 0 Å². The van der Waals surface area contributed by atoms with Gasteiger partial charge < -0.3 is 0 Å². The normalized spacial score (nSPS) is 9.11. The maximum absolute atomic E-state index is 13.6. The molecule has 0 unspecified atom stereocenters. The fourth-order valence-corrected chi connectivity index (χ4v) is 1.84. The fraction of sp³-hybridized carbons (Fsp3) is 0.438. The van der Waals surface area contributed by atoms with Gasteiger partial charge in [-0.2, -0.15) is 0 Å². The van der Waals surface area contributed by atoms with Gasteiger partial charge in [-0.25, -0.2) is 4.39 Å². The second-order valence-corrected chi connectivity index (χ2v) is 3.69. The predicted octanol–water partition coefficient (Wildman–Crippen LogP) is 5.35. The first-order valence-electron chi connectivity index (χ1n) is 6.62. The van der Waals surface area contributed by atoms with Gasteiger partial charge in [0.2, 0.25) is 0 Å². The number of aromatic nitrogens is 1. The Morgan fingerprint density at radius 3 is 2.00 bits per heavy atom. The smallest absolute Gasteiger partial charge is 0.133 e. The number of nitrogens with zero attached hydrogens (tertiary/aromatic N) is 1. The Kier molecular flexibility index (Phi) is 7.18. The number of pyridine rings is 1. The van der Waals surface area contributed by atoms with Crippen molar-refractivity contribution in [2.45, 2.75) is 48.5 Å². The highest BCUT2D eigenvalue weighted by molar-refractivity contribution is 5.86. The molecule has 1 aromatic carbocycles. The topological polar surface area (TPSA) is 12.9 Å². The molecule has 0 aliphatic heterocycles. The molecule has 0 saturated heterocycles. The van der Waals surface area contributed by atoms with Crippen LogP contribution in [0.15, 0.2) is 18.2 Å². The third kappa shape index (κ3) is 3.80. The third-order valence-corrected chi connectivity index (χ3v) is 2.34. The number of hydrogen-bond donors (Lipinski definition) is 0. The molecular formula is C16H24FN. The van der Waals surface area contributed by atoms with Crippen LogP contribution in [0.25, 0.3) is 10.8 Å². The van der Waals surface area contributed by atoms with Crippen LogP contribution in [0.1, 0.15) is 44.6 Å². The lowest BCUT2D eigenvalue weighted by Crippen LogP contribution is -1.92. The highest BCUT2D eigenvalue weighted by Gasteiger charge is 2.06. The van der Waals surface area contributed by atoms with Gasteiger partial charge in [-0.1, -0.05) is 33.8 Å². The molecular weight excluding hydrogens is 225 g/mol. The summed E-state index contributed by atoms with van der Waals surface area (Å²) in [5, 5.41) is 1.58. The lowest BCUT2D eigenvalue weighted by molar-refractivity contribution is 0.637. The molecule has 100 valence electrons. The predicted molar refractivity (Wildman–Crippen MR) is 78.6 cm³/mol. The molecule has 0 bridgehead atoms. The molecule has 1 aromatic heterocycles. The summed E-state index contributed by atoms with van der Waals surface area (Å²) in [7, 11) is 0. The van der Waals surface area contributed by atoms with E-state index < -0.39 is 0 Å². The monoisotopic (exact) mass is 249 g/mol. The molecule has 0 spiro atoms. The van der Waals surface area contributed by atoms with Crippen LogP contribution in [0, 0.1) is 26.6 Å². The van der Waals surface area contributed by atoms with Crippen molar-refractivity contribution in [2.75, 3.05) is 0 Å². The van der Waals surface area contributed by atoms with Gasteiger partial charge in [-0.15, -0.1) is 0 Å². The molecule has 0 N–H and O–H groups in total. The van der Waals surface area contributed by atoms with E-state index in [1.165, 1.54) is 0 Å². The van der Waals surface area contributed by atoms with E-state index in [0.29, 0.717) is 5.39 Å². The minimum absolute atomic E-state index is 0.176. The molecule has 1 heterocycles. The standard InChI is InChI=1S/C12H12FN.2C2H6/c1-7-4-10-6-8(2)14-9(3)12(10)11(13)5-7;2*1-2/h4-6H,1-3H3;2*1-2H3. The molecule has 0 aliphatic rings. The fourth-order valence-electron chi connectivity index (χ4n) is 1.84. The number of fused-ring (bicyclic) bond motifs is 1. The first-order valence-corrected chi connectivity index (χ1v) is 6.62. The van der Waals surface area contributed by atoms with Crippen molar-refractivity contribution in [1.82, 2.24) is 4.98 Å². The first kappa shape index (κ1) is 16.6. The number of halogens is 1. The van der Waals surface area contributed by atoms with Crippen LogP contribution in [0.2, 0.25) is 0 Å². The second kappa shape index (κ2) is 7.80. The van der Waals surface area contributed by atoms with Crippen LogP contribution in [-0.4, -0.2) is 4.98 Å².